The lowest BCUT2D eigenvalue weighted by molar-refractivity contribution is 0.0991. The van der Waals surface area contributed by atoms with Gasteiger partial charge in [0, 0.05) is 16.2 Å². The summed E-state index contributed by atoms with van der Waals surface area (Å²) in [6.07, 6.45) is 1.42. The number of hydrogen-bond donors (Lipinski definition) is 3. The molecule has 24 heavy (non-hydrogen) atoms. The molecule has 0 radical (unpaired) electrons. The van der Waals surface area contributed by atoms with Crippen molar-refractivity contribution >= 4 is 37.5 Å². The first kappa shape index (κ1) is 18.4. The first-order valence-electron chi connectivity index (χ1n) is 6.81. The highest BCUT2D eigenvalue weighted by molar-refractivity contribution is 9.10. The summed E-state index contributed by atoms with van der Waals surface area (Å²) in [5, 5.41) is 1.98. The maximum absolute atomic E-state index is 12.1. The zero-order chi connectivity index (χ0) is 18.1. The number of aromatic nitrogens is 1. The van der Waals surface area contributed by atoms with Crippen LogP contribution in [-0.4, -0.2) is 24.8 Å². The standard InChI is InChI=1S/C14H16BrN3O5S/c1-14(2,3)18-24(21,22)11-5-4-10(23-11)13(20)17-9-6-8(15)7-16-12(9)19/h4-7,18H,1-3H3,(H,16,19)(H,17,20). The summed E-state index contributed by atoms with van der Waals surface area (Å²) < 4.78 is 32.4. The molecule has 0 unspecified atom stereocenters. The average Bonchev–Trinajstić information content (AvgIpc) is 2.91. The third-order valence-corrected chi connectivity index (χ3v) is 4.71. The van der Waals surface area contributed by atoms with E-state index < -0.39 is 27.0 Å². The Bertz CT molecular complexity index is 924. The van der Waals surface area contributed by atoms with Crippen LogP contribution in [0.15, 0.2) is 43.2 Å². The van der Waals surface area contributed by atoms with Crippen LogP contribution in [-0.2, 0) is 10.0 Å². The second kappa shape index (κ2) is 6.54. The molecule has 0 aliphatic heterocycles. The fourth-order valence-electron chi connectivity index (χ4n) is 1.77. The monoisotopic (exact) mass is 417 g/mol. The molecule has 0 aliphatic rings. The van der Waals surface area contributed by atoms with Crippen molar-refractivity contribution in [3.63, 3.8) is 0 Å². The molecule has 3 N–H and O–H groups in total. The van der Waals surface area contributed by atoms with Gasteiger partial charge in [0.2, 0.25) is 5.09 Å². The lowest BCUT2D eigenvalue weighted by Gasteiger charge is -2.18. The van der Waals surface area contributed by atoms with Gasteiger partial charge in [0.05, 0.1) is 0 Å². The highest BCUT2D eigenvalue weighted by Crippen LogP contribution is 2.18. The smallest absolute Gasteiger partial charge is 0.291 e. The summed E-state index contributed by atoms with van der Waals surface area (Å²) in [7, 11) is -3.89. The van der Waals surface area contributed by atoms with Gasteiger partial charge in [-0.1, -0.05) is 0 Å². The second-order valence-corrected chi connectivity index (χ2v) is 8.52. The van der Waals surface area contributed by atoms with Crippen LogP contribution in [0, 0.1) is 0 Å². The van der Waals surface area contributed by atoms with Crippen molar-refractivity contribution in [3.05, 3.63) is 45.0 Å². The van der Waals surface area contributed by atoms with Crippen molar-refractivity contribution in [3.8, 4) is 0 Å². The number of carbonyl (C=O) groups is 1. The number of aromatic amines is 1. The summed E-state index contributed by atoms with van der Waals surface area (Å²) in [6, 6.07) is 3.81. The molecule has 2 heterocycles. The molecule has 2 aromatic heterocycles. The van der Waals surface area contributed by atoms with E-state index in [1.54, 1.807) is 20.8 Å². The number of anilines is 1. The van der Waals surface area contributed by atoms with Crippen LogP contribution in [0.3, 0.4) is 0 Å². The maximum Gasteiger partial charge on any atom is 0.291 e. The van der Waals surface area contributed by atoms with Crippen LogP contribution in [0.1, 0.15) is 31.3 Å². The van der Waals surface area contributed by atoms with Gasteiger partial charge in [-0.2, -0.15) is 0 Å². The van der Waals surface area contributed by atoms with E-state index in [4.69, 9.17) is 4.42 Å². The van der Waals surface area contributed by atoms with Crippen molar-refractivity contribution in [2.24, 2.45) is 0 Å². The molecule has 0 fully saturated rings. The first-order valence-corrected chi connectivity index (χ1v) is 9.09. The number of amides is 1. The predicted octanol–water partition coefficient (Wildman–Crippen LogP) is 2.06. The Labute approximate surface area is 146 Å². The molecule has 0 aliphatic carbocycles. The summed E-state index contributed by atoms with van der Waals surface area (Å²) in [6.45, 7) is 5.04. The third kappa shape index (κ3) is 4.56. The summed E-state index contributed by atoms with van der Waals surface area (Å²) in [5.41, 5.74) is -1.19. The Balaban J connectivity index is 2.23. The van der Waals surface area contributed by atoms with Crippen molar-refractivity contribution in [2.45, 2.75) is 31.4 Å². The van der Waals surface area contributed by atoms with E-state index in [0.717, 1.165) is 0 Å². The molecule has 0 aromatic carbocycles. The van der Waals surface area contributed by atoms with Crippen LogP contribution >= 0.6 is 15.9 Å². The number of carbonyl (C=O) groups excluding carboxylic acids is 1. The number of nitrogens with one attached hydrogen (secondary N) is 3. The Morgan fingerprint density at radius 1 is 1.29 bits per heavy atom. The molecule has 0 saturated heterocycles. The van der Waals surface area contributed by atoms with Gasteiger partial charge in [-0.05, 0) is 54.9 Å². The van der Waals surface area contributed by atoms with E-state index in [9.17, 15) is 18.0 Å². The normalized spacial score (nSPS) is 12.2. The molecule has 8 nitrogen and oxygen atoms in total. The molecule has 0 bridgehead atoms. The van der Waals surface area contributed by atoms with Crippen LogP contribution in [0.4, 0.5) is 5.69 Å². The van der Waals surface area contributed by atoms with Gasteiger partial charge in [-0.25, -0.2) is 13.1 Å². The highest BCUT2D eigenvalue weighted by Gasteiger charge is 2.26. The van der Waals surface area contributed by atoms with Crippen molar-refractivity contribution < 1.29 is 17.6 Å². The fraction of sp³-hybridized carbons (Fsp3) is 0.286. The molecular weight excluding hydrogens is 402 g/mol. The van der Waals surface area contributed by atoms with E-state index in [0.29, 0.717) is 4.47 Å². The van der Waals surface area contributed by atoms with Gasteiger partial charge in [0.25, 0.3) is 21.5 Å². The van der Waals surface area contributed by atoms with Gasteiger partial charge in [0.15, 0.2) is 5.76 Å². The van der Waals surface area contributed by atoms with E-state index in [2.05, 4.69) is 31.0 Å². The van der Waals surface area contributed by atoms with Crippen molar-refractivity contribution in [2.75, 3.05) is 5.32 Å². The largest absolute Gasteiger partial charge is 0.438 e. The average molecular weight is 418 g/mol. The summed E-state index contributed by atoms with van der Waals surface area (Å²) in [5.74, 6) is -0.973. The van der Waals surface area contributed by atoms with Crippen molar-refractivity contribution in [1.82, 2.24) is 9.71 Å². The minimum atomic E-state index is -3.89. The Morgan fingerprint density at radius 3 is 2.58 bits per heavy atom. The summed E-state index contributed by atoms with van der Waals surface area (Å²) in [4.78, 5) is 26.2. The van der Waals surface area contributed by atoms with Gasteiger partial charge in [0.1, 0.15) is 5.69 Å². The minimum absolute atomic E-state index is 0.00278. The van der Waals surface area contributed by atoms with Crippen LogP contribution in [0.5, 0.6) is 0 Å². The van der Waals surface area contributed by atoms with Crippen LogP contribution in [0.25, 0.3) is 0 Å². The molecule has 2 rings (SSSR count). The molecule has 0 saturated carbocycles. The molecule has 2 aromatic rings. The van der Waals surface area contributed by atoms with Crippen LogP contribution < -0.4 is 15.6 Å². The predicted molar refractivity (Wildman–Crippen MR) is 91.5 cm³/mol. The molecule has 130 valence electrons. The quantitative estimate of drug-likeness (QED) is 0.702. The molecular formula is C14H16BrN3O5S. The lowest BCUT2D eigenvalue weighted by Crippen LogP contribution is -2.40. The third-order valence-electron chi connectivity index (χ3n) is 2.63. The number of sulfonamides is 1. The van der Waals surface area contributed by atoms with E-state index in [1.165, 1.54) is 24.4 Å². The van der Waals surface area contributed by atoms with Crippen LogP contribution in [0.2, 0.25) is 0 Å². The minimum Gasteiger partial charge on any atom is -0.438 e. The van der Waals surface area contributed by atoms with Crippen molar-refractivity contribution in [1.29, 1.82) is 0 Å². The Kier molecular flexibility index (Phi) is 5.02. The molecule has 10 heteroatoms. The second-order valence-electron chi connectivity index (χ2n) is 5.99. The number of rotatable bonds is 4. The topological polar surface area (TPSA) is 121 Å². The first-order chi connectivity index (χ1) is 11.0. The number of pyridine rings is 1. The lowest BCUT2D eigenvalue weighted by atomic mass is 10.1. The maximum atomic E-state index is 12.1. The van der Waals surface area contributed by atoms with Gasteiger partial charge in [-0.3, -0.25) is 9.59 Å². The SMILES string of the molecule is CC(C)(C)NS(=O)(=O)c1ccc(C(=O)Nc2cc(Br)c[nH]c2=O)o1. The van der Waals surface area contributed by atoms with E-state index >= 15 is 0 Å². The Morgan fingerprint density at radius 2 is 1.96 bits per heavy atom. The van der Waals surface area contributed by atoms with E-state index in [1.807, 2.05) is 0 Å². The number of halogens is 1. The highest BCUT2D eigenvalue weighted by atomic mass is 79.9. The number of H-pyrrole nitrogens is 1. The molecule has 0 atom stereocenters. The summed E-state index contributed by atoms with van der Waals surface area (Å²) >= 11 is 3.17. The van der Waals surface area contributed by atoms with Gasteiger partial charge in [-0.15, -0.1) is 0 Å². The molecule has 0 spiro atoms. The number of hydrogen-bond acceptors (Lipinski definition) is 5. The van der Waals surface area contributed by atoms with Gasteiger partial charge < -0.3 is 14.7 Å². The number of furan rings is 1. The Hall–Kier alpha value is -1.91. The zero-order valence-corrected chi connectivity index (χ0v) is 15.5. The van der Waals surface area contributed by atoms with E-state index in [-0.39, 0.29) is 16.5 Å². The zero-order valence-electron chi connectivity index (χ0n) is 13.1. The molecule has 1 amide bonds. The fourth-order valence-corrected chi connectivity index (χ4v) is 3.47. The van der Waals surface area contributed by atoms with Gasteiger partial charge >= 0.3 is 0 Å².